The Morgan fingerprint density at radius 3 is 2.76 bits per heavy atom. The fraction of sp³-hybridized carbons (Fsp3) is 0.526. The third-order valence-corrected chi connectivity index (χ3v) is 5.38. The number of carbonyl (C=O) groups excluding carboxylic acids is 1. The van der Waals surface area contributed by atoms with Crippen LogP contribution in [0.5, 0.6) is 5.75 Å². The Morgan fingerprint density at radius 2 is 2.05 bits per heavy atom. The van der Waals surface area contributed by atoms with Crippen molar-refractivity contribution in [3.8, 4) is 5.75 Å². The first kappa shape index (κ1) is 14.4. The SMILES string of the molecule is CCCCC1c2c(ccc(O)c2C)C2=C(C)C(=O)CCC21. The molecule has 112 valence electrons. The molecule has 2 aliphatic rings. The number of unbranched alkanes of at least 4 members (excludes halogenated alkanes) is 1. The van der Waals surface area contributed by atoms with E-state index >= 15 is 0 Å². The van der Waals surface area contributed by atoms with Gasteiger partial charge in [0.2, 0.25) is 0 Å². The van der Waals surface area contributed by atoms with Gasteiger partial charge in [0, 0.05) is 6.42 Å². The molecule has 0 aliphatic heterocycles. The Morgan fingerprint density at radius 1 is 1.29 bits per heavy atom. The molecule has 0 saturated carbocycles. The summed E-state index contributed by atoms with van der Waals surface area (Å²) >= 11 is 0. The smallest absolute Gasteiger partial charge is 0.158 e. The van der Waals surface area contributed by atoms with Gasteiger partial charge in [-0.1, -0.05) is 25.8 Å². The molecule has 1 aromatic rings. The highest BCUT2D eigenvalue weighted by Gasteiger charge is 2.41. The monoisotopic (exact) mass is 284 g/mol. The van der Waals surface area contributed by atoms with Gasteiger partial charge >= 0.3 is 0 Å². The maximum atomic E-state index is 12.1. The van der Waals surface area contributed by atoms with Crippen LogP contribution in [-0.4, -0.2) is 10.9 Å². The maximum Gasteiger partial charge on any atom is 0.158 e. The van der Waals surface area contributed by atoms with E-state index in [4.69, 9.17) is 0 Å². The summed E-state index contributed by atoms with van der Waals surface area (Å²) in [6.45, 7) is 6.22. The van der Waals surface area contributed by atoms with Gasteiger partial charge < -0.3 is 5.11 Å². The fourth-order valence-corrected chi connectivity index (χ4v) is 4.25. The van der Waals surface area contributed by atoms with E-state index in [0.29, 0.717) is 29.8 Å². The number of hydrogen-bond acceptors (Lipinski definition) is 2. The lowest BCUT2D eigenvalue weighted by Crippen LogP contribution is -2.17. The quantitative estimate of drug-likeness (QED) is 0.870. The number of ketones is 1. The molecule has 0 spiro atoms. The Kier molecular flexibility index (Phi) is 3.64. The molecule has 2 unspecified atom stereocenters. The number of aromatic hydroxyl groups is 1. The van der Waals surface area contributed by atoms with Gasteiger partial charge in [0.25, 0.3) is 0 Å². The first-order valence-electron chi connectivity index (χ1n) is 8.13. The van der Waals surface area contributed by atoms with Gasteiger partial charge in [0.1, 0.15) is 5.75 Å². The molecule has 2 nitrogen and oxygen atoms in total. The number of hydrogen-bond donors (Lipinski definition) is 1. The van der Waals surface area contributed by atoms with Crippen molar-refractivity contribution in [2.45, 2.75) is 58.8 Å². The highest BCUT2D eigenvalue weighted by Crippen LogP contribution is 2.55. The third kappa shape index (κ3) is 2.12. The van der Waals surface area contributed by atoms with Crippen molar-refractivity contribution >= 4 is 11.4 Å². The minimum Gasteiger partial charge on any atom is -0.508 e. The van der Waals surface area contributed by atoms with Crippen LogP contribution in [-0.2, 0) is 4.79 Å². The first-order valence-corrected chi connectivity index (χ1v) is 8.13. The van der Waals surface area contributed by atoms with Gasteiger partial charge in [-0.25, -0.2) is 0 Å². The number of fused-ring (bicyclic) bond motifs is 3. The van der Waals surface area contributed by atoms with Crippen LogP contribution < -0.4 is 0 Å². The lowest BCUT2D eigenvalue weighted by atomic mass is 9.77. The molecule has 0 radical (unpaired) electrons. The minimum absolute atomic E-state index is 0.300. The molecule has 0 saturated heterocycles. The Balaban J connectivity index is 2.18. The molecule has 1 aromatic carbocycles. The molecule has 1 N–H and O–H groups in total. The van der Waals surface area contributed by atoms with Crippen LogP contribution in [0.2, 0.25) is 0 Å². The largest absolute Gasteiger partial charge is 0.508 e. The van der Waals surface area contributed by atoms with Crippen molar-refractivity contribution in [3.63, 3.8) is 0 Å². The van der Waals surface area contributed by atoms with Gasteiger partial charge in [-0.3, -0.25) is 4.79 Å². The molecular weight excluding hydrogens is 260 g/mol. The average molecular weight is 284 g/mol. The van der Waals surface area contributed by atoms with E-state index in [0.717, 1.165) is 24.0 Å². The van der Waals surface area contributed by atoms with E-state index in [2.05, 4.69) is 6.92 Å². The second-order valence-corrected chi connectivity index (χ2v) is 6.53. The van der Waals surface area contributed by atoms with E-state index < -0.39 is 0 Å². The number of carbonyl (C=O) groups is 1. The molecule has 0 amide bonds. The van der Waals surface area contributed by atoms with E-state index in [1.807, 2.05) is 19.9 Å². The molecule has 2 aliphatic carbocycles. The van der Waals surface area contributed by atoms with E-state index in [9.17, 15) is 9.90 Å². The van der Waals surface area contributed by atoms with Crippen molar-refractivity contribution in [1.29, 1.82) is 0 Å². The van der Waals surface area contributed by atoms with Crippen molar-refractivity contribution in [2.24, 2.45) is 5.92 Å². The summed E-state index contributed by atoms with van der Waals surface area (Å²) < 4.78 is 0. The van der Waals surface area contributed by atoms with Crippen LogP contribution in [0.3, 0.4) is 0 Å². The zero-order valence-electron chi connectivity index (χ0n) is 13.2. The van der Waals surface area contributed by atoms with E-state index in [1.54, 1.807) is 6.07 Å². The van der Waals surface area contributed by atoms with Crippen LogP contribution in [0.15, 0.2) is 17.7 Å². The topological polar surface area (TPSA) is 37.3 Å². The normalized spacial score (nSPS) is 24.2. The number of phenols is 1. The number of phenolic OH excluding ortho intramolecular Hbond substituents is 1. The lowest BCUT2D eigenvalue weighted by Gasteiger charge is -2.26. The predicted octanol–water partition coefficient (Wildman–Crippen LogP) is 4.74. The number of rotatable bonds is 3. The zero-order chi connectivity index (χ0) is 15.1. The molecule has 0 bridgehead atoms. The van der Waals surface area contributed by atoms with Crippen molar-refractivity contribution in [2.75, 3.05) is 0 Å². The Labute approximate surface area is 126 Å². The number of benzene rings is 1. The lowest BCUT2D eigenvalue weighted by molar-refractivity contribution is -0.116. The average Bonchev–Trinajstić information content (AvgIpc) is 2.79. The molecule has 2 heteroatoms. The summed E-state index contributed by atoms with van der Waals surface area (Å²) in [6.07, 6.45) is 5.20. The van der Waals surface area contributed by atoms with Crippen LogP contribution >= 0.6 is 0 Å². The van der Waals surface area contributed by atoms with Gasteiger partial charge in [-0.15, -0.1) is 0 Å². The van der Waals surface area contributed by atoms with Gasteiger partial charge in [-0.2, -0.15) is 0 Å². The second-order valence-electron chi connectivity index (χ2n) is 6.53. The van der Waals surface area contributed by atoms with Crippen molar-refractivity contribution < 1.29 is 9.90 Å². The van der Waals surface area contributed by atoms with Crippen LogP contribution in [0.4, 0.5) is 0 Å². The Hall–Kier alpha value is -1.57. The van der Waals surface area contributed by atoms with Crippen molar-refractivity contribution in [3.05, 3.63) is 34.4 Å². The maximum absolute atomic E-state index is 12.1. The molecule has 2 atom stereocenters. The number of allylic oxidation sites excluding steroid dienone is 2. The molecule has 3 rings (SSSR count). The summed E-state index contributed by atoms with van der Waals surface area (Å²) in [4.78, 5) is 12.1. The Bertz CT molecular complexity index is 625. The fourth-order valence-electron chi connectivity index (χ4n) is 4.25. The van der Waals surface area contributed by atoms with Crippen LogP contribution in [0.1, 0.15) is 68.6 Å². The zero-order valence-corrected chi connectivity index (χ0v) is 13.2. The summed E-state index contributed by atoms with van der Waals surface area (Å²) in [6, 6.07) is 3.81. The van der Waals surface area contributed by atoms with Gasteiger partial charge in [-0.05, 0) is 72.4 Å². The van der Waals surface area contributed by atoms with E-state index in [1.165, 1.54) is 29.5 Å². The second kappa shape index (κ2) is 5.32. The van der Waals surface area contributed by atoms with Gasteiger partial charge in [0.15, 0.2) is 5.78 Å². The van der Waals surface area contributed by atoms with Crippen LogP contribution in [0.25, 0.3) is 5.57 Å². The van der Waals surface area contributed by atoms with Crippen LogP contribution in [0, 0.1) is 12.8 Å². The summed E-state index contributed by atoms with van der Waals surface area (Å²) in [5, 5.41) is 10.1. The van der Waals surface area contributed by atoms with E-state index in [-0.39, 0.29) is 0 Å². The molecule has 21 heavy (non-hydrogen) atoms. The number of Topliss-reactive ketones (excluding diaryl/α,β-unsaturated/α-hetero) is 1. The standard InChI is InChI=1S/C19H24O2/c1-4-5-6-13-14-7-9-16(20)12(3)19(14)15-8-10-17(21)11(2)18(13)15/h8,10,13-14,21H,4-7,9H2,1-3H3. The minimum atomic E-state index is 0.300. The predicted molar refractivity (Wildman–Crippen MR) is 85.4 cm³/mol. The first-order chi connectivity index (χ1) is 10.1. The summed E-state index contributed by atoms with van der Waals surface area (Å²) in [5.74, 6) is 1.64. The highest BCUT2D eigenvalue weighted by atomic mass is 16.3. The highest BCUT2D eigenvalue weighted by molar-refractivity contribution is 6.05. The summed E-state index contributed by atoms with van der Waals surface area (Å²) in [5.41, 5.74) is 5.76. The van der Waals surface area contributed by atoms with Crippen molar-refractivity contribution in [1.82, 2.24) is 0 Å². The third-order valence-electron chi connectivity index (χ3n) is 5.38. The van der Waals surface area contributed by atoms with Gasteiger partial charge in [0.05, 0.1) is 0 Å². The molecule has 0 aromatic heterocycles. The summed E-state index contributed by atoms with van der Waals surface area (Å²) in [7, 11) is 0. The molecule has 0 fully saturated rings. The molecule has 0 heterocycles. The molecular formula is C19H24O2.